The largest absolute Gasteiger partial charge is 0.381 e. The van der Waals surface area contributed by atoms with Crippen molar-refractivity contribution in [1.82, 2.24) is 4.98 Å². The van der Waals surface area contributed by atoms with Crippen LogP contribution in [0.4, 0.5) is 5.69 Å². The first-order valence-corrected chi connectivity index (χ1v) is 5.50. The van der Waals surface area contributed by atoms with E-state index in [1.165, 1.54) is 19.3 Å². The second-order valence-corrected chi connectivity index (χ2v) is 4.48. The summed E-state index contributed by atoms with van der Waals surface area (Å²) >= 11 is 5.70. The van der Waals surface area contributed by atoms with Gasteiger partial charge in [-0.15, -0.1) is 0 Å². The molecule has 1 aromatic heterocycles. The molecule has 1 heterocycles. The summed E-state index contributed by atoms with van der Waals surface area (Å²) in [5.74, 6) is 0.956. The van der Waals surface area contributed by atoms with Gasteiger partial charge in [-0.3, -0.25) is 0 Å². The van der Waals surface area contributed by atoms with Crippen LogP contribution in [-0.2, 0) is 0 Å². The molecule has 1 aliphatic rings. The minimum atomic E-state index is 0.533. The molecular weight excluding hydrogens is 196 g/mol. The summed E-state index contributed by atoms with van der Waals surface area (Å²) in [6.45, 7) is 2.22. The van der Waals surface area contributed by atoms with Gasteiger partial charge in [0.2, 0.25) is 0 Å². The van der Waals surface area contributed by atoms with E-state index in [0.29, 0.717) is 11.2 Å². The molecule has 0 spiro atoms. The first-order valence-electron chi connectivity index (χ1n) is 5.12. The Bertz CT molecular complexity index is 293. The normalized spacial score (nSPS) is 17.9. The van der Waals surface area contributed by atoms with Crippen LogP contribution in [0.3, 0.4) is 0 Å². The Kier molecular flexibility index (Phi) is 2.92. The van der Waals surface area contributed by atoms with Crippen molar-refractivity contribution in [3.8, 4) is 0 Å². The second-order valence-electron chi connectivity index (χ2n) is 4.09. The molecule has 1 fully saturated rings. The van der Waals surface area contributed by atoms with Crippen molar-refractivity contribution in [3.05, 3.63) is 23.5 Å². The van der Waals surface area contributed by atoms with Crippen molar-refractivity contribution in [1.29, 1.82) is 0 Å². The van der Waals surface area contributed by atoms with E-state index in [2.05, 4.69) is 17.2 Å². The average Bonchev–Trinajstić information content (AvgIpc) is 2.93. The third-order valence-corrected chi connectivity index (χ3v) is 2.75. The smallest absolute Gasteiger partial charge is 0.129 e. The maximum atomic E-state index is 5.70. The first kappa shape index (κ1) is 9.78. The van der Waals surface area contributed by atoms with Crippen molar-refractivity contribution < 1.29 is 0 Å². The highest BCUT2D eigenvalue weighted by Crippen LogP contribution is 2.34. The fourth-order valence-corrected chi connectivity index (χ4v) is 1.77. The van der Waals surface area contributed by atoms with E-state index in [4.69, 9.17) is 11.6 Å². The molecule has 3 heteroatoms. The van der Waals surface area contributed by atoms with Crippen LogP contribution in [0.5, 0.6) is 0 Å². The Morgan fingerprint density at radius 1 is 1.57 bits per heavy atom. The lowest BCUT2D eigenvalue weighted by atomic mass is 10.1. The van der Waals surface area contributed by atoms with Gasteiger partial charge in [0.25, 0.3) is 0 Å². The van der Waals surface area contributed by atoms with Gasteiger partial charge in [-0.1, -0.05) is 24.4 Å². The molecule has 0 saturated heterocycles. The van der Waals surface area contributed by atoms with E-state index >= 15 is 0 Å². The average molecular weight is 211 g/mol. The molecule has 0 aliphatic heterocycles. The van der Waals surface area contributed by atoms with Crippen LogP contribution in [0.1, 0.15) is 26.2 Å². The van der Waals surface area contributed by atoms with E-state index in [1.807, 2.05) is 12.1 Å². The standard InChI is InChI=1S/C11H15ClN2/c1-8(6-9-2-3-9)14-10-4-5-11(12)13-7-10/h4-5,7-9,14H,2-3,6H2,1H3. The number of hydrogen-bond donors (Lipinski definition) is 1. The van der Waals surface area contributed by atoms with E-state index in [0.717, 1.165) is 11.6 Å². The zero-order valence-electron chi connectivity index (χ0n) is 8.33. The SMILES string of the molecule is CC(CC1CC1)Nc1ccc(Cl)nc1. The number of aromatic nitrogens is 1. The van der Waals surface area contributed by atoms with Crippen molar-refractivity contribution >= 4 is 17.3 Å². The highest BCUT2D eigenvalue weighted by atomic mass is 35.5. The molecule has 76 valence electrons. The molecule has 1 aromatic rings. The summed E-state index contributed by atoms with van der Waals surface area (Å²) in [7, 11) is 0. The first-order chi connectivity index (χ1) is 6.74. The minimum Gasteiger partial charge on any atom is -0.381 e. The van der Waals surface area contributed by atoms with E-state index in [-0.39, 0.29) is 0 Å². The third kappa shape index (κ3) is 2.88. The minimum absolute atomic E-state index is 0.533. The van der Waals surface area contributed by atoms with E-state index in [9.17, 15) is 0 Å². The molecular formula is C11H15ClN2. The van der Waals surface area contributed by atoms with E-state index < -0.39 is 0 Å². The van der Waals surface area contributed by atoms with Crippen molar-refractivity contribution in [2.24, 2.45) is 5.92 Å². The predicted molar refractivity (Wildman–Crippen MR) is 59.7 cm³/mol. The fraction of sp³-hybridized carbons (Fsp3) is 0.545. The monoisotopic (exact) mass is 210 g/mol. The lowest BCUT2D eigenvalue weighted by Gasteiger charge is -2.14. The van der Waals surface area contributed by atoms with Crippen LogP contribution in [0.2, 0.25) is 5.15 Å². The number of anilines is 1. The second kappa shape index (κ2) is 4.18. The number of nitrogens with zero attached hydrogens (tertiary/aromatic N) is 1. The Morgan fingerprint density at radius 3 is 2.93 bits per heavy atom. The summed E-state index contributed by atoms with van der Waals surface area (Å²) in [5, 5.41) is 3.97. The Hall–Kier alpha value is -0.760. The summed E-state index contributed by atoms with van der Waals surface area (Å²) in [4.78, 5) is 4.03. The summed E-state index contributed by atoms with van der Waals surface area (Å²) in [6, 6.07) is 4.32. The molecule has 14 heavy (non-hydrogen) atoms. The van der Waals surface area contributed by atoms with Gasteiger partial charge in [0.15, 0.2) is 0 Å². The van der Waals surface area contributed by atoms with Crippen LogP contribution in [0.25, 0.3) is 0 Å². The van der Waals surface area contributed by atoms with Crippen LogP contribution in [0, 0.1) is 5.92 Å². The molecule has 0 aromatic carbocycles. The molecule has 1 saturated carbocycles. The molecule has 1 N–H and O–H groups in total. The Balaban J connectivity index is 1.85. The van der Waals surface area contributed by atoms with Crippen molar-refractivity contribution in [2.45, 2.75) is 32.2 Å². The summed E-state index contributed by atoms with van der Waals surface area (Å²) in [6.07, 6.45) is 5.87. The van der Waals surface area contributed by atoms with Gasteiger partial charge in [-0.05, 0) is 31.4 Å². The zero-order valence-corrected chi connectivity index (χ0v) is 9.09. The number of pyridine rings is 1. The molecule has 1 atom stereocenters. The zero-order chi connectivity index (χ0) is 9.97. The lowest BCUT2D eigenvalue weighted by Crippen LogP contribution is -2.15. The third-order valence-electron chi connectivity index (χ3n) is 2.52. The van der Waals surface area contributed by atoms with Gasteiger partial charge in [-0.25, -0.2) is 4.98 Å². The number of hydrogen-bond acceptors (Lipinski definition) is 2. The van der Waals surface area contributed by atoms with Crippen molar-refractivity contribution in [2.75, 3.05) is 5.32 Å². The van der Waals surface area contributed by atoms with Gasteiger partial charge in [0.1, 0.15) is 5.15 Å². The maximum absolute atomic E-state index is 5.70. The highest BCUT2D eigenvalue weighted by Gasteiger charge is 2.23. The predicted octanol–water partition coefficient (Wildman–Crippen LogP) is 3.34. The fourth-order valence-electron chi connectivity index (χ4n) is 1.66. The summed E-state index contributed by atoms with van der Waals surface area (Å²) < 4.78 is 0. The van der Waals surface area contributed by atoms with E-state index in [1.54, 1.807) is 6.20 Å². The lowest BCUT2D eigenvalue weighted by molar-refractivity contribution is 0.642. The van der Waals surface area contributed by atoms with Gasteiger partial charge in [0, 0.05) is 6.04 Å². The van der Waals surface area contributed by atoms with Gasteiger partial charge >= 0.3 is 0 Å². The quantitative estimate of drug-likeness (QED) is 0.772. The highest BCUT2D eigenvalue weighted by molar-refractivity contribution is 6.29. The number of rotatable bonds is 4. The molecule has 0 amide bonds. The van der Waals surface area contributed by atoms with Crippen molar-refractivity contribution in [3.63, 3.8) is 0 Å². The molecule has 1 aliphatic carbocycles. The molecule has 2 nitrogen and oxygen atoms in total. The van der Waals surface area contributed by atoms with Gasteiger partial charge in [-0.2, -0.15) is 0 Å². The topological polar surface area (TPSA) is 24.9 Å². The van der Waals surface area contributed by atoms with Crippen LogP contribution < -0.4 is 5.32 Å². The van der Waals surface area contributed by atoms with Gasteiger partial charge < -0.3 is 5.32 Å². The Morgan fingerprint density at radius 2 is 2.36 bits per heavy atom. The molecule has 0 radical (unpaired) electrons. The van der Waals surface area contributed by atoms with Crippen LogP contribution in [-0.4, -0.2) is 11.0 Å². The summed E-state index contributed by atoms with van der Waals surface area (Å²) in [5.41, 5.74) is 1.06. The molecule has 0 bridgehead atoms. The van der Waals surface area contributed by atoms with Gasteiger partial charge in [0.05, 0.1) is 11.9 Å². The number of halogens is 1. The number of nitrogens with one attached hydrogen (secondary N) is 1. The van der Waals surface area contributed by atoms with Crippen LogP contribution >= 0.6 is 11.6 Å². The molecule has 2 rings (SSSR count). The maximum Gasteiger partial charge on any atom is 0.129 e. The Labute approximate surface area is 89.7 Å². The van der Waals surface area contributed by atoms with Crippen LogP contribution in [0.15, 0.2) is 18.3 Å². The molecule has 1 unspecified atom stereocenters.